The van der Waals surface area contributed by atoms with Crippen LogP contribution in [0.25, 0.3) is 0 Å². The molecule has 0 aromatic heterocycles. The fraction of sp³-hybridized carbons (Fsp3) is 0.462. The van der Waals surface area contributed by atoms with Gasteiger partial charge in [-0.05, 0) is 74.9 Å². The maximum Gasteiger partial charge on any atom is 0.252 e. The van der Waals surface area contributed by atoms with E-state index >= 15 is 0 Å². The predicted octanol–water partition coefficient (Wildman–Crippen LogP) is 4.80. The number of hydrogen-bond donors (Lipinski definition) is 1. The lowest BCUT2D eigenvalue weighted by Crippen LogP contribution is -2.40. The second kappa shape index (κ2) is 10.5. The average Bonchev–Trinajstić information content (AvgIpc) is 2.76. The third-order valence-electron chi connectivity index (χ3n) is 6.02. The fourth-order valence-electron chi connectivity index (χ4n) is 4.53. The van der Waals surface area contributed by atoms with Crippen LogP contribution in [-0.4, -0.2) is 35.7 Å². The molecule has 0 heterocycles. The first-order valence-electron chi connectivity index (χ1n) is 11.3. The van der Waals surface area contributed by atoms with Crippen LogP contribution in [0.5, 0.6) is 0 Å². The van der Waals surface area contributed by atoms with Crippen LogP contribution < -0.4 is 5.32 Å². The number of carbonyl (C=O) groups is 2. The van der Waals surface area contributed by atoms with Gasteiger partial charge in [-0.25, -0.2) is 0 Å². The van der Waals surface area contributed by atoms with Gasteiger partial charge in [0, 0.05) is 18.2 Å². The molecule has 1 amide bonds. The zero-order valence-electron chi connectivity index (χ0n) is 18.5. The number of carbonyl (C=O) groups excluding carboxylic acids is 2. The van der Waals surface area contributed by atoms with E-state index in [1.807, 2.05) is 0 Å². The second-order valence-electron chi connectivity index (χ2n) is 8.32. The van der Waals surface area contributed by atoms with Gasteiger partial charge in [-0.2, -0.15) is 0 Å². The highest BCUT2D eigenvalue weighted by molar-refractivity contribution is 6.07. The van der Waals surface area contributed by atoms with Crippen LogP contribution in [0, 0.1) is 0 Å². The molecule has 0 aliphatic heterocycles. The van der Waals surface area contributed by atoms with Gasteiger partial charge in [0.1, 0.15) is 0 Å². The van der Waals surface area contributed by atoms with Gasteiger partial charge in [-0.3, -0.25) is 9.59 Å². The summed E-state index contributed by atoms with van der Waals surface area (Å²) in [5, 5.41) is 2.98. The molecule has 0 saturated heterocycles. The van der Waals surface area contributed by atoms with Gasteiger partial charge in [-0.15, -0.1) is 0 Å². The molecule has 1 aliphatic rings. The Bertz CT molecular complexity index is 884. The summed E-state index contributed by atoms with van der Waals surface area (Å²) in [6.45, 7) is 8.84. The van der Waals surface area contributed by atoms with Gasteiger partial charge in [0.05, 0.1) is 5.56 Å². The number of amides is 1. The standard InChI is InChI=1S/C26H34N2O2/c1-4-14-28(15-5-2)23-13-12-21-16-20(10-11-22(21)17-23)18-27-26(30)25-9-7-6-8-24(25)19(3)29/h6-11,16,23H,4-5,12-15,17-18H2,1-3H3,(H,27,30). The minimum absolute atomic E-state index is 0.0933. The van der Waals surface area contributed by atoms with Gasteiger partial charge >= 0.3 is 0 Å². The second-order valence-corrected chi connectivity index (χ2v) is 8.32. The number of benzene rings is 2. The lowest BCUT2D eigenvalue weighted by molar-refractivity contribution is 0.0936. The molecule has 4 nitrogen and oxygen atoms in total. The monoisotopic (exact) mass is 406 g/mol. The average molecular weight is 407 g/mol. The van der Waals surface area contributed by atoms with Crippen molar-refractivity contribution in [2.24, 2.45) is 0 Å². The van der Waals surface area contributed by atoms with Gasteiger partial charge < -0.3 is 10.2 Å². The molecule has 4 heteroatoms. The summed E-state index contributed by atoms with van der Waals surface area (Å²) in [6.07, 6.45) is 5.82. The van der Waals surface area contributed by atoms with E-state index in [-0.39, 0.29) is 11.7 Å². The largest absolute Gasteiger partial charge is 0.348 e. The summed E-state index contributed by atoms with van der Waals surface area (Å²) in [4.78, 5) is 27.0. The lowest BCUT2D eigenvalue weighted by atomic mass is 9.86. The van der Waals surface area contributed by atoms with Crippen LogP contribution in [0.2, 0.25) is 0 Å². The Balaban J connectivity index is 1.64. The van der Waals surface area contributed by atoms with Gasteiger partial charge in [-0.1, -0.05) is 50.2 Å². The van der Waals surface area contributed by atoms with Crippen molar-refractivity contribution in [2.45, 2.75) is 65.5 Å². The first-order chi connectivity index (χ1) is 14.5. The van der Waals surface area contributed by atoms with Crippen molar-refractivity contribution >= 4 is 11.7 Å². The minimum Gasteiger partial charge on any atom is -0.348 e. The van der Waals surface area contributed by atoms with Crippen molar-refractivity contribution in [2.75, 3.05) is 13.1 Å². The molecule has 0 saturated carbocycles. The topological polar surface area (TPSA) is 49.4 Å². The zero-order valence-corrected chi connectivity index (χ0v) is 18.5. The number of hydrogen-bond acceptors (Lipinski definition) is 3. The molecule has 30 heavy (non-hydrogen) atoms. The summed E-state index contributed by atoms with van der Waals surface area (Å²) >= 11 is 0. The van der Waals surface area contributed by atoms with Crippen molar-refractivity contribution in [3.63, 3.8) is 0 Å². The summed E-state index contributed by atoms with van der Waals surface area (Å²) in [7, 11) is 0. The number of nitrogens with zero attached hydrogens (tertiary/aromatic N) is 1. The van der Waals surface area contributed by atoms with Crippen molar-refractivity contribution in [3.05, 3.63) is 70.3 Å². The number of aryl methyl sites for hydroxylation is 1. The zero-order chi connectivity index (χ0) is 21.5. The summed E-state index contributed by atoms with van der Waals surface area (Å²) in [5.74, 6) is -0.294. The number of nitrogens with one attached hydrogen (secondary N) is 1. The van der Waals surface area contributed by atoms with Crippen molar-refractivity contribution in [3.8, 4) is 0 Å². The molecule has 0 fully saturated rings. The lowest BCUT2D eigenvalue weighted by Gasteiger charge is -2.35. The quantitative estimate of drug-likeness (QED) is 0.609. The van der Waals surface area contributed by atoms with E-state index in [9.17, 15) is 9.59 Å². The first-order valence-corrected chi connectivity index (χ1v) is 11.3. The van der Waals surface area contributed by atoms with Gasteiger partial charge in [0.15, 0.2) is 5.78 Å². The molecule has 3 rings (SSSR count). The summed E-state index contributed by atoms with van der Waals surface area (Å²) in [6, 6.07) is 14.2. The molecule has 1 N–H and O–H groups in total. The van der Waals surface area contributed by atoms with Crippen LogP contribution in [0.4, 0.5) is 0 Å². The highest BCUT2D eigenvalue weighted by Gasteiger charge is 2.23. The van der Waals surface area contributed by atoms with Crippen LogP contribution >= 0.6 is 0 Å². The molecular formula is C26H34N2O2. The number of fused-ring (bicyclic) bond motifs is 1. The Hall–Kier alpha value is -2.46. The van der Waals surface area contributed by atoms with Crippen LogP contribution in [0.1, 0.15) is 77.4 Å². The molecule has 1 unspecified atom stereocenters. The van der Waals surface area contributed by atoms with E-state index in [0.717, 1.165) is 18.4 Å². The highest BCUT2D eigenvalue weighted by atomic mass is 16.2. The predicted molar refractivity (Wildman–Crippen MR) is 122 cm³/mol. The van der Waals surface area contributed by atoms with Crippen LogP contribution in [0.15, 0.2) is 42.5 Å². The number of rotatable bonds is 9. The first kappa shape index (κ1) is 22.2. The van der Waals surface area contributed by atoms with E-state index in [4.69, 9.17) is 0 Å². The smallest absolute Gasteiger partial charge is 0.252 e. The molecule has 0 spiro atoms. The summed E-state index contributed by atoms with van der Waals surface area (Å²) < 4.78 is 0. The Morgan fingerprint density at radius 3 is 2.37 bits per heavy atom. The Labute approximate surface area is 180 Å². The van der Waals surface area contributed by atoms with E-state index in [1.54, 1.807) is 24.3 Å². The van der Waals surface area contributed by atoms with E-state index in [2.05, 4.69) is 42.3 Å². The van der Waals surface area contributed by atoms with Crippen LogP contribution in [-0.2, 0) is 19.4 Å². The molecule has 2 aromatic carbocycles. The Morgan fingerprint density at radius 1 is 1.00 bits per heavy atom. The van der Waals surface area contributed by atoms with Crippen molar-refractivity contribution < 1.29 is 9.59 Å². The maximum atomic E-state index is 12.6. The van der Waals surface area contributed by atoms with Gasteiger partial charge in [0.2, 0.25) is 0 Å². The van der Waals surface area contributed by atoms with Crippen molar-refractivity contribution in [1.82, 2.24) is 10.2 Å². The minimum atomic E-state index is -0.201. The van der Waals surface area contributed by atoms with Gasteiger partial charge in [0.25, 0.3) is 5.91 Å². The molecule has 0 bridgehead atoms. The molecule has 1 aliphatic carbocycles. The molecule has 2 aromatic rings. The third-order valence-corrected chi connectivity index (χ3v) is 6.02. The highest BCUT2D eigenvalue weighted by Crippen LogP contribution is 2.26. The normalized spacial score (nSPS) is 15.7. The fourth-order valence-corrected chi connectivity index (χ4v) is 4.53. The van der Waals surface area contributed by atoms with E-state index in [0.29, 0.717) is 23.7 Å². The Kier molecular flexibility index (Phi) is 7.81. The molecule has 0 radical (unpaired) electrons. The number of Topliss-reactive ketones (excluding diaryl/α,β-unsaturated/α-hetero) is 1. The molecule has 160 valence electrons. The Morgan fingerprint density at radius 2 is 1.70 bits per heavy atom. The molecule has 1 atom stereocenters. The SMILES string of the molecule is CCCN(CCC)C1CCc2cc(CNC(=O)c3ccccc3C(C)=O)ccc2C1. The van der Waals surface area contributed by atoms with E-state index < -0.39 is 0 Å². The van der Waals surface area contributed by atoms with Crippen molar-refractivity contribution in [1.29, 1.82) is 0 Å². The number of ketones is 1. The summed E-state index contributed by atoms with van der Waals surface area (Å²) in [5.41, 5.74) is 4.88. The van der Waals surface area contributed by atoms with E-state index in [1.165, 1.54) is 50.4 Å². The van der Waals surface area contributed by atoms with Crippen LogP contribution in [0.3, 0.4) is 0 Å². The molecular weight excluding hydrogens is 372 g/mol. The third kappa shape index (κ3) is 5.37. The maximum absolute atomic E-state index is 12.6.